The third-order valence-electron chi connectivity index (χ3n) is 2.52. The average molecular weight is 341 g/mol. The van der Waals surface area contributed by atoms with Crippen molar-refractivity contribution in [1.82, 2.24) is 0 Å². The zero-order valence-electron chi connectivity index (χ0n) is 10.3. The first-order valence-electron chi connectivity index (χ1n) is 5.79. The standard InChI is InChI=1S/C14H11BrF2N2O/c15-10-3-1-2-4-13(10)18-8-14(20)19-9-5-6-11(16)12(17)7-9/h1-7,18H,8H2,(H,19,20). The number of benzene rings is 2. The molecule has 2 aromatic rings. The van der Waals surface area contributed by atoms with Crippen LogP contribution in [0.5, 0.6) is 0 Å². The smallest absolute Gasteiger partial charge is 0.243 e. The van der Waals surface area contributed by atoms with Crippen molar-refractivity contribution in [3.8, 4) is 0 Å². The fraction of sp³-hybridized carbons (Fsp3) is 0.0714. The number of hydrogen-bond acceptors (Lipinski definition) is 2. The highest BCUT2D eigenvalue weighted by atomic mass is 79.9. The first kappa shape index (κ1) is 14.5. The van der Waals surface area contributed by atoms with Gasteiger partial charge in [0.2, 0.25) is 5.91 Å². The zero-order chi connectivity index (χ0) is 14.5. The molecule has 2 rings (SSSR count). The minimum atomic E-state index is -0.999. The lowest BCUT2D eigenvalue weighted by atomic mass is 10.3. The van der Waals surface area contributed by atoms with E-state index in [1.54, 1.807) is 0 Å². The fourth-order valence-corrected chi connectivity index (χ4v) is 1.98. The maximum absolute atomic E-state index is 13.0. The summed E-state index contributed by atoms with van der Waals surface area (Å²) in [6.45, 7) is 0.0155. The Morgan fingerprint density at radius 2 is 1.85 bits per heavy atom. The van der Waals surface area contributed by atoms with Crippen LogP contribution in [-0.4, -0.2) is 12.5 Å². The molecule has 1 amide bonds. The summed E-state index contributed by atoms with van der Waals surface area (Å²) >= 11 is 3.35. The average Bonchev–Trinajstić information content (AvgIpc) is 2.42. The number of carbonyl (C=O) groups excluding carboxylic acids is 1. The summed E-state index contributed by atoms with van der Waals surface area (Å²) in [5.74, 6) is -2.30. The molecule has 0 heterocycles. The highest BCUT2D eigenvalue weighted by molar-refractivity contribution is 9.10. The third kappa shape index (κ3) is 3.77. The molecule has 0 bridgehead atoms. The molecule has 0 aliphatic carbocycles. The summed E-state index contributed by atoms with van der Waals surface area (Å²) in [7, 11) is 0. The summed E-state index contributed by atoms with van der Waals surface area (Å²) in [5, 5.41) is 5.41. The highest BCUT2D eigenvalue weighted by Gasteiger charge is 2.06. The van der Waals surface area contributed by atoms with E-state index >= 15 is 0 Å². The van der Waals surface area contributed by atoms with Crippen LogP contribution in [0.25, 0.3) is 0 Å². The number of hydrogen-bond donors (Lipinski definition) is 2. The van der Waals surface area contributed by atoms with Crippen LogP contribution in [0, 0.1) is 11.6 Å². The Kier molecular flexibility index (Phi) is 4.68. The predicted molar refractivity (Wildman–Crippen MR) is 77.6 cm³/mol. The van der Waals surface area contributed by atoms with E-state index < -0.39 is 11.6 Å². The number of rotatable bonds is 4. The molecule has 0 atom stereocenters. The molecular weight excluding hydrogens is 330 g/mol. The fourth-order valence-electron chi connectivity index (χ4n) is 1.56. The van der Waals surface area contributed by atoms with E-state index in [1.807, 2.05) is 24.3 Å². The van der Waals surface area contributed by atoms with Crippen molar-refractivity contribution >= 4 is 33.2 Å². The molecule has 0 aliphatic heterocycles. The predicted octanol–water partition coefficient (Wildman–Crippen LogP) is 3.78. The molecule has 0 fully saturated rings. The van der Waals surface area contributed by atoms with Gasteiger partial charge in [0.1, 0.15) is 0 Å². The summed E-state index contributed by atoms with van der Waals surface area (Å²) in [6, 6.07) is 10.5. The van der Waals surface area contributed by atoms with E-state index in [0.717, 1.165) is 22.3 Å². The lowest BCUT2D eigenvalue weighted by Crippen LogP contribution is -2.22. The summed E-state index contributed by atoms with van der Waals surface area (Å²) in [5.41, 5.74) is 0.982. The van der Waals surface area contributed by atoms with Gasteiger partial charge in [-0.05, 0) is 40.2 Å². The van der Waals surface area contributed by atoms with E-state index in [9.17, 15) is 13.6 Å². The van der Waals surface area contributed by atoms with Crippen LogP contribution in [0.1, 0.15) is 0 Å². The molecule has 6 heteroatoms. The van der Waals surface area contributed by atoms with Crippen molar-refractivity contribution in [2.24, 2.45) is 0 Å². The third-order valence-corrected chi connectivity index (χ3v) is 3.21. The lowest BCUT2D eigenvalue weighted by molar-refractivity contribution is -0.114. The number of halogens is 3. The van der Waals surface area contributed by atoms with Crippen molar-refractivity contribution in [2.45, 2.75) is 0 Å². The Bertz CT molecular complexity index is 634. The summed E-state index contributed by atoms with van der Waals surface area (Å²) in [4.78, 5) is 11.7. The number of nitrogens with one attached hydrogen (secondary N) is 2. The van der Waals surface area contributed by atoms with Gasteiger partial charge >= 0.3 is 0 Å². The number of anilines is 2. The van der Waals surface area contributed by atoms with Crippen molar-refractivity contribution < 1.29 is 13.6 Å². The van der Waals surface area contributed by atoms with Crippen LogP contribution >= 0.6 is 15.9 Å². The van der Waals surface area contributed by atoms with Crippen LogP contribution < -0.4 is 10.6 Å². The normalized spacial score (nSPS) is 10.2. The number of amides is 1. The van der Waals surface area contributed by atoms with Crippen molar-refractivity contribution in [2.75, 3.05) is 17.2 Å². The molecule has 104 valence electrons. The monoisotopic (exact) mass is 340 g/mol. The maximum atomic E-state index is 13.0. The van der Waals surface area contributed by atoms with E-state index in [-0.39, 0.29) is 18.1 Å². The van der Waals surface area contributed by atoms with E-state index in [4.69, 9.17) is 0 Å². The van der Waals surface area contributed by atoms with Crippen molar-refractivity contribution in [3.63, 3.8) is 0 Å². The minimum absolute atomic E-state index is 0.0155. The topological polar surface area (TPSA) is 41.1 Å². The van der Waals surface area contributed by atoms with Gasteiger partial charge in [-0.1, -0.05) is 12.1 Å². The molecule has 0 aliphatic rings. The molecule has 0 saturated heterocycles. The summed E-state index contributed by atoms with van der Waals surface area (Å²) < 4.78 is 26.6. The number of para-hydroxylation sites is 1. The Hall–Kier alpha value is -1.95. The molecule has 0 aromatic heterocycles. The van der Waals surface area contributed by atoms with E-state index in [2.05, 4.69) is 26.6 Å². The van der Waals surface area contributed by atoms with Crippen LogP contribution in [0.15, 0.2) is 46.9 Å². The second-order valence-corrected chi connectivity index (χ2v) is 4.86. The van der Waals surface area contributed by atoms with Gasteiger partial charge in [-0.2, -0.15) is 0 Å². The quantitative estimate of drug-likeness (QED) is 0.889. The van der Waals surface area contributed by atoms with Gasteiger partial charge in [-0.3, -0.25) is 4.79 Å². The van der Waals surface area contributed by atoms with Crippen LogP contribution in [0.4, 0.5) is 20.2 Å². The molecule has 20 heavy (non-hydrogen) atoms. The van der Waals surface area contributed by atoms with Gasteiger partial charge in [-0.15, -0.1) is 0 Å². The summed E-state index contributed by atoms with van der Waals surface area (Å²) in [6.07, 6.45) is 0. The first-order valence-corrected chi connectivity index (χ1v) is 6.59. The Labute approximate surface area is 123 Å². The Balaban J connectivity index is 1.93. The Morgan fingerprint density at radius 3 is 2.55 bits per heavy atom. The largest absolute Gasteiger partial charge is 0.375 e. The first-order chi connectivity index (χ1) is 9.56. The number of carbonyl (C=O) groups is 1. The Morgan fingerprint density at radius 1 is 1.10 bits per heavy atom. The van der Waals surface area contributed by atoms with Gasteiger partial charge in [0.15, 0.2) is 11.6 Å². The SMILES string of the molecule is O=C(CNc1ccccc1Br)Nc1ccc(F)c(F)c1. The highest BCUT2D eigenvalue weighted by Crippen LogP contribution is 2.20. The zero-order valence-corrected chi connectivity index (χ0v) is 11.9. The lowest BCUT2D eigenvalue weighted by Gasteiger charge is -2.09. The van der Waals surface area contributed by atoms with Gasteiger partial charge in [0.25, 0.3) is 0 Å². The van der Waals surface area contributed by atoms with Crippen molar-refractivity contribution in [1.29, 1.82) is 0 Å². The second-order valence-electron chi connectivity index (χ2n) is 4.01. The molecule has 0 radical (unpaired) electrons. The molecule has 0 spiro atoms. The molecule has 0 unspecified atom stereocenters. The maximum Gasteiger partial charge on any atom is 0.243 e. The van der Waals surface area contributed by atoms with Crippen LogP contribution in [0.2, 0.25) is 0 Å². The van der Waals surface area contributed by atoms with E-state index in [0.29, 0.717) is 0 Å². The molecule has 3 nitrogen and oxygen atoms in total. The van der Waals surface area contributed by atoms with Crippen LogP contribution in [-0.2, 0) is 4.79 Å². The minimum Gasteiger partial charge on any atom is -0.375 e. The van der Waals surface area contributed by atoms with E-state index in [1.165, 1.54) is 6.07 Å². The molecular formula is C14H11BrF2N2O. The van der Waals surface area contributed by atoms with Gasteiger partial charge < -0.3 is 10.6 Å². The van der Waals surface area contributed by atoms with Crippen molar-refractivity contribution in [3.05, 3.63) is 58.6 Å². The van der Waals surface area contributed by atoms with Crippen LogP contribution in [0.3, 0.4) is 0 Å². The van der Waals surface area contributed by atoms with Gasteiger partial charge in [-0.25, -0.2) is 8.78 Å². The van der Waals surface area contributed by atoms with Gasteiger partial charge in [0, 0.05) is 21.9 Å². The molecule has 0 saturated carbocycles. The molecule has 2 aromatic carbocycles. The second kappa shape index (κ2) is 6.47. The molecule has 2 N–H and O–H groups in total. The van der Waals surface area contributed by atoms with Gasteiger partial charge in [0.05, 0.1) is 6.54 Å².